The highest BCUT2D eigenvalue weighted by Crippen LogP contribution is 2.21. The van der Waals surface area contributed by atoms with Crippen molar-refractivity contribution in [3.8, 4) is 0 Å². The molecule has 10 heteroatoms. The average Bonchev–Trinajstić information content (AvgIpc) is 3.14. The highest BCUT2D eigenvalue weighted by molar-refractivity contribution is 5.92. The first-order valence-electron chi connectivity index (χ1n) is 9.76. The minimum Gasteiger partial charge on any atom is -0.368 e. The Morgan fingerprint density at radius 3 is 2.62 bits per heavy atom. The van der Waals surface area contributed by atoms with E-state index in [1.807, 2.05) is 26.0 Å². The number of aromatic amines is 1. The second-order valence-electron chi connectivity index (χ2n) is 6.91. The minimum absolute atomic E-state index is 0.176. The van der Waals surface area contributed by atoms with Crippen LogP contribution in [-0.2, 0) is 6.54 Å². The van der Waals surface area contributed by atoms with Gasteiger partial charge in [0.2, 0.25) is 0 Å². The molecule has 4 N–H and O–H groups in total. The third-order valence-electron chi connectivity index (χ3n) is 4.83. The molecule has 0 atom stereocenters. The van der Waals surface area contributed by atoms with Crippen molar-refractivity contribution in [3.05, 3.63) is 35.3 Å². The fourth-order valence-corrected chi connectivity index (χ4v) is 3.36. The molecule has 156 valence electrons. The summed E-state index contributed by atoms with van der Waals surface area (Å²) in [4.78, 5) is 32.4. The molecule has 3 amide bonds. The second-order valence-corrected chi connectivity index (χ2v) is 6.91. The highest BCUT2D eigenvalue weighted by atomic mass is 16.2. The molecule has 10 nitrogen and oxygen atoms in total. The van der Waals surface area contributed by atoms with E-state index in [4.69, 9.17) is 0 Å². The lowest BCUT2D eigenvalue weighted by Crippen LogP contribution is -2.46. The van der Waals surface area contributed by atoms with Crippen molar-refractivity contribution >= 4 is 23.4 Å². The largest absolute Gasteiger partial charge is 0.368 e. The monoisotopic (exact) mass is 400 g/mol. The Kier molecular flexibility index (Phi) is 6.65. The lowest BCUT2D eigenvalue weighted by Gasteiger charge is -2.36. The predicted octanol–water partition coefficient (Wildman–Crippen LogP) is 0.936. The van der Waals surface area contributed by atoms with E-state index in [1.165, 1.54) is 0 Å². The number of hydrogen-bond donors (Lipinski definition) is 4. The summed E-state index contributed by atoms with van der Waals surface area (Å²) in [6.07, 6.45) is 0. The molecule has 0 saturated carbocycles. The lowest BCUT2D eigenvalue weighted by atomic mass is 10.2. The van der Waals surface area contributed by atoms with Crippen molar-refractivity contribution in [1.29, 1.82) is 0 Å². The molecule has 0 aliphatic carbocycles. The van der Waals surface area contributed by atoms with E-state index in [2.05, 4.69) is 40.9 Å². The fraction of sp³-hybridized carbons (Fsp3) is 0.474. The number of H-pyrrole nitrogens is 1. The normalized spacial score (nSPS) is 14.5. The summed E-state index contributed by atoms with van der Waals surface area (Å²) in [5.74, 6) is 0.340. The second kappa shape index (κ2) is 9.37. The van der Waals surface area contributed by atoms with Crippen molar-refractivity contribution in [3.63, 3.8) is 0 Å². The van der Waals surface area contributed by atoms with Gasteiger partial charge in [-0.25, -0.2) is 9.78 Å². The van der Waals surface area contributed by atoms with Gasteiger partial charge in [-0.1, -0.05) is 0 Å². The van der Waals surface area contributed by atoms with Crippen LogP contribution in [0.5, 0.6) is 0 Å². The Labute approximate surface area is 170 Å². The van der Waals surface area contributed by atoms with Gasteiger partial charge in [0.05, 0.1) is 17.1 Å². The number of rotatable bonds is 6. The Hall–Kier alpha value is -3.14. The first kappa shape index (κ1) is 20.6. The maximum absolute atomic E-state index is 11.7. The molecular formula is C19H28N8O2. The van der Waals surface area contributed by atoms with E-state index in [0.717, 1.165) is 49.8 Å². The van der Waals surface area contributed by atoms with Crippen LogP contribution in [-0.4, -0.2) is 71.8 Å². The highest BCUT2D eigenvalue weighted by Gasteiger charge is 2.20. The third-order valence-corrected chi connectivity index (χ3v) is 4.83. The van der Waals surface area contributed by atoms with Crippen LogP contribution < -0.4 is 20.9 Å². The number of anilines is 2. The van der Waals surface area contributed by atoms with Crippen LogP contribution in [0.15, 0.2) is 18.2 Å². The summed E-state index contributed by atoms with van der Waals surface area (Å²) < 4.78 is 0. The van der Waals surface area contributed by atoms with Gasteiger partial charge in [-0.15, -0.1) is 0 Å². The fourth-order valence-electron chi connectivity index (χ4n) is 3.36. The zero-order chi connectivity index (χ0) is 20.8. The summed E-state index contributed by atoms with van der Waals surface area (Å²) in [7, 11) is 1.60. The summed E-state index contributed by atoms with van der Waals surface area (Å²) in [6, 6.07) is 5.33. The van der Waals surface area contributed by atoms with Crippen LogP contribution in [0, 0.1) is 6.92 Å². The van der Waals surface area contributed by atoms with Crippen molar-refractivity contribution < 1.29 is 9.59 Å². The van der Waals surface area contributed by atoms with Gasteiger partial charge in [0.15, 0.2) is 5.82 Å². The number of carbonyl (C=O) groups is 2. The summed E-state index contributed by atoms with van der Waals surface area (Å²) in [5, 5.41) is 15.1. The van der Waals surface area contributed by atoms with E-state index < -0.39 is 0 Å². The molecule has 1 aliphatic rings. The molecule has 1 saturated heterocycles. The van der Waals surface area contributed by atoms with Crippen molar-refractivity contribution in [2.24, 2.45) is 0 Å². The number of aryl methyl sites for hydroxylation is 1. The van der Waals surface area contributed by atoms with Gasteiger partial charge in [-0.05, 0) is 26.0 Å². The van der Waals surface area contributed by atoms with Crippen LogP contribution in [0.4, 0.5) is 16.3 Å². The van der Waals surface area contributed by atoms with Crippen LogP contribution in [0.25, 0.3) is 0 Å². The number of urea groups is 1. The summed E-state index contributed by atoms with van der Waals surface area (Å²) >= 11 is 0. The Balaban J connectivity index is 1.53. The molecule has 0 bridgehead atoms. The van der Waals surface area contributed by atoms with Crippen molar-refractivity contribution in [1.82, 2.24) is 30.7 Å². The quantitative estimate of drug-likeness (QED) is 0.573. The Morgan fingerprint density at radius 2 is 1.97 bits per heavy atom. The van der Waals surface area contributed by atoms with Crippen molar-refractivity contribution in [2.45, 2.75) is 20.4 Å². The molecule has 2 aromatic rings. The van der Waals surface area contributed by atoms with Crippen LogP contribution in [0.2, 0.25) is 0 Å². The number of aromatic nitrogens is 3. The van der Waals surface area contributed by atoms with E-state index in [0.29, 0.717) is 18.1 Å². The number of amides is 3. The van der Waals surface area contributed by atoms with E-state index >= 15 is 0 Å². The van der Waals surface area contributed by atoms with Gasteiger partial charge in [-0.2, -0.15) is 5.10 Å². The molecule has 1 aliphatic heterocycles. The maximum atomic E-state index is 11.7. The van der Waals surface area contributed by atoms with Gasteiger partial charge >= 0.3 is 6.03 Å². The third kappa shape index (κ3) is 5.23. The Morgan fingerprint density at radius 1 is 1.21 bits per heavy atom. The lowest BCUT2D eigenvalue weighted by molar-refractivity contribution is 0.0958. The first-order chi connectivity index (χ1) is 14.0. The number of piperazine rings is 1. The molecule has 0 unspecified atom stereocenters. The van der Waals surface area contributed by atoms with E-state index in [1.54, 1.807) is 13.1 Å². The number of nitrogens with one attached hydrogen (secondary N) is 4. The molecule has 1 fully saturated rings. The molecule has 2 aromatic heterocycles. The molecule has 0 radical (unpaired) electrons. The zero-order valence-corrected chi connectivity index (χ0v) is 17.1. The SMILES string of the molecule is CCNC(=O)Nc1cc(CN2CCN(c3ccc(C(=O)NC)nc3C)CC2)[nH]n1. The summed E-state index contributed by atoms with van der Waals surface area (Å²) in [5.41, 5.74) is 3.31. The smallest absolute Gasteiger partial charge is 0.320 e. The maximum Gasteiger partial charge on any atom is 0.320 e. The molecular weight excluding hydrogens is 372 g/mol. The van der Waals surface area contributed by atoms with Crippen LogP contribution in [0.1, 0.15) is 28.8 Å². The minimum atomic E-state index is -0.259. The molecule has 29 heavy (non-hydrogen) atoms. The first-order valence-corrected chi connectivity index (χ1v) is 9.76. The molecule has 0 spiro atoms. The van der Waals surface area contributed by atoms with Gasteiger partial charge in [0.1, 0.15) is 5.69 Å². The number of hydrogen-bond acceptors (Lipinski definition) is 6. The van der Waals surface area contributed by atoms with Gasteiger partial charge in [0, 0.05) is 52.4 Å². The standard InChI is InChI=1S/C19H28N8O2/c1-4-21-19(29)23-17-11-14(24-25-17)12-26-7-9-27(10-8-26)16-6-5-15(18(28)20-3)22-13(16)2/h5-6,11H,4,7-10,12H2,1-3H3,(H,20,28)(H3,21,23,24,25,29). The van der Waals surface area contributed by atoms with Gasteiger partial charge in [0.25, 0.3) is 5.91 Å². The van der Waals surface area contributed by atoms with Crippen molar-refractivity contribution in [2.75, 3.05) is 50.0 Å². The van der Waals surface area contributed by atoms with Gasteiger partial charge < -0.3 is 15.5 Å². The van der Waals surface area contributed by atoms with E-state index in [-0.39, 0.29) is 11.9 Å². The van der Waals surface area contributed by atoms with Crippen LogP contribution in [0.3, 0.4) is 0 Å². The predicted molar refractivity (Wildman–Crippen MR) is 111 cm³/mol. The summed E-state index contributed by atoms with van der Waals surface area (Å²) in [6.45, 7) is 8.65. The topological polar surface area (TPSA) is 118 Å². The molecule has 3 heterocycles. The number of nitrogens with zero attached hydrogens (tertiary/aromatic N) is 4. The number of carbonyl (C=O) groups excluding carboxylic acids is 2. The number of pyridine rings is 1. The van der Waals surface area contributed by atoms with E-state index in [9.17, 15) is 9.59 Å². The van der Waals surface area contributed by atoms with Gasteiger partial charge in [-0.3, -0.25) is 20.1 Å². The Bertz CT molecular complexity index is 858. The average molecular weight is 400 g/mol. The zero-order valence-electron chi connectivity index (χ0n) is 17.1. The van der Waals surface area contributed by atoms with Crippen LogP contribution >= 0.6 is 0 Å². The molecule has 3 rings (SSSR count). The molecule has 0 aromatic carbocycles.